The van der Waals surface area contributed by atoms with Crippen molar-refractivity contribution in [2.45, 2.75) is 5.25 Å². The van der Waals surface area contributed by atoms with E-state index in [4.69, 9.17) is 5.14 Å². The van der Waals surface area contributed by atoms with Gasteiger partial charge in [0.2, 0.25) is 0 Å². The van der Waals surface area contributed by atoms with Crippen molar-refractivity contribution in [1.29, 1.82) is 0 Å². The molecule has 0 bridgehead atoms. The summed E-state index contributed by atoms with van der Waals surface area (Å²) < 4.78 is 0. The maximum absolute atomic E-state index is 5.36. The lowest BCUT2D eigenvalue weighted by molar-refractivity contribution is 0.921. The van der Waals surface area contributed by atoms with Gasteiger partial charge in [0, 0.05) is 0 Å². The summed E-state index contributed by atoms with van der Waals surface area (Å²) in [5.74, 6) is 0.641. The number of hydrogen-bond donors (Lipinski definition) is 1. The smallest absolute Gasteiger partial charge is 0.150 e. The maximum atomic E-state index is 5.36. The summed E-state index contributed by atoms with van der Waals surface area (Å²) in [4.78, 5) is 11.5. The van der Waals surface area contributed by atoms with Gasteiger partial charge in [-0.3, -0.25) is 5.14 Å². The standard InChI is InChI=1S/C6H8N4S/c1-2-5(11-7)6-9-3-8-4-10-6/h2-5H,1,7H2. The van der Waals surface area contributed by atoms with Gasteiger partial charge in [-0.1, -0.05) is 18.0 Å². The van der Waals surface area contributed by atoms with Crippen LogP contribution in [0.5, 0.6) is 0 Å². The number of rotatable bonds is 3. The Labute approximate surface area is 69.1 Å². The Hall–Kier alpha value is -0.940. The van der Waals surface area contributed by atoms with Crippen LogP contribution in [0.4, 0.5) is 0 Å². The Morgan fingerprint density at radius 2 is 2.18 bits per heavy atom. The molecule has 0 fully saturated rings. The molecule has 1 atom stereocenters. The third kappa shape index (κ3) is 1.99. The van der Waals surface area contributed by atoms with Crippen LogP contribution in [-0.2, 0) is 0 Å². The lowest BCUT2D eigenvalue weighted by Crippen LogP contribution is -2.00. The summed E-state index contributed by atoms with van der Waals surface area (Å²) in [6.07, 6.45) is 4.57. The first kappa shape index (κ1) is 8.16. The van der Waals surface area contributed by atoms with E-state index in [1.807, 2.05) is 0 Å². The predicted octanol–water partition coefficient (Wildman–Crippen LogP) is 0.706. The second-order valence-electron chi connectivity index (χ2n) is 1.79. The zero-order valence-corrected chi connectivity index (χ0v) is 6.66. The molecule has 0 amide bonds. The Morgan fingerprint density at radius 1 is 1.55 bits per heavy atom. The number of aromatic nitrogens is 3. The van der Waals surface area contributed by atoms with Crippen molar-refractivity contribution in [3.8, 4) is 0 Å². The number of nitrogens with two attached hydrogens (primary N) is 1. The van der Waals surface area contributed by atoms with Crippen LogP contribution >= 0.6 is 11.9 Å². The van der Waals surface area contributed by atoms with Crippen molar-refractivity contribution >= 4 is 11.9 Å². The molecule has 0 saturated carbocycles. The maximum Gasteiger partial charge on any atom is 0.150 e. The van der Waals surface area contributed by atoms with Gasteiger partial charge in [0.05, 0.1) is 5.25 Å². The molecule has 1 heterocycles. The minimum absolute atomic E-state index is 0.0435. The highest BCUT2D eigenvalue weighted by molar-refractivity contribution is 7.97. The molecule has 0 aliphatic rings. The molecule has 1 aromatic rings. The predicted molar refractivity (Wildman–Crippen MR) is 44.5 cm³/mol. The summed E-state index contributed by atoms with van der Waals surface area (Å²) in [6, 6.07) is 0. The van der Waals surface area contributed by atoms with Gasteiger partial charge in [-0.15, -0.1) is 6.58 Å². The van der Waals surface area contributed by atoms with Crippen LogP contribution in [0.25, 0.3) is 0 Å². The number of nitrogens with zero attached hydrogens (tertiary/aromatic N) is 3. The van der Waals surface area contributed by atoms with Gasteiger partial charge in [0.1, 0.15) is 18.5 Å². The average molecular weight is 168 g/mol. The van der Waals surface area contributed by atoms with E-state index >= 15 is 0 Å². The molecular formula is C6H8N4S. The summed E-state index contributed by atoms with van der Waals surface area (Å²) in [5, 5.41) is 5.32. The second kappa shape index (κ2) is 4.05. The summed E-state index contributed by atoms with van der Waals surface area (Å²) in [6.45, 7) is 3.61. The first-order valence-electron chi connectivity index (χ1n) is 2.98. The van der Waals surface area contributed by atoms with Crippen molar-refractivity contribution in [2.75, 3.05) is 0 Å². The molecule has 1 unspecified atom stereocenters. The van der Waals surface area contributed by atoms with Crippen LogP contribution in [-0.4, -0.2) is 15.0 Å². The fraction of sp³-hybridized carbons (Fsp3) is 0.167. The first-order valence-corrected chi connectivity index (χ1v) is 3.92. The summed E-state index contributed by atoms with van der Waals surface area (Å²) >= 11 is 1.15. The molecule has 1 aromatic heterocycles. The van der Waals surface area contributed by atoms with Crippen LogP contribution in [0.1, 0.15) is 11.1 Å². The fourth-order valence-corrected chi connectivity index (χ4v) is 0.971. The first-order chi connectivity index (χ1) is 5.38. The SMILES string of the molecule is C=CC(SN)c1ncncn1. The van der Waals surface area contributed by atoms with Crippen molar-refractivity contribution in [3.05, 3.63) is 31.1 Å². The third-order valence-electron chi connectivity index (χ3n) is 1.13. The van der Waals surface area contributed by atoms with Crippen molar-refractivity contribution in [1.82, 2.24) is 15.0 Å². The highest BCUT2D eigenvalue weighted by Gasteiger charge is 2.07. The van der Waals surface area contributed by atoms with Gasteiger partial charge in [-0.05, 0) is 0 Å². The molecule has 0 aliphatic carbocycles. The molecule has 4 nitrogen and oxygen atoms in total. The highest BCUT2D eigenvalue weighted by Crippen LogP contribution is 2.20. The van der Waals surface area contributed by atoms with Crippen LogP contribution in [0.3, 0.4) is 0 Å². The average Bonchev–Trinajstić information content (AvgIpc) is 2.09. The van der Waals surface area contributed by atoms with Gasteiger partial charge in [-0.2, -0.15) is 0 Å². The van der Waals surface area contributed by atoms with E-state index in [0.29, 0.717) is 5.82 Å². The van der Waals surface area contributed by atoms with E-state index in [-0.39, 0.29) is 5.25 Å². The van der Waals surface area contributed by atoms with Crippen LogP contribution in [0, 0.1) is 0 Å². The molecule has 11 heavy (non-hydrogen) atoms. The molecule has 0 aromatic carbocycles. The largest absolute Gasteiger partial charge is 0.277 e. The summed E-state index contributed by atoms with van der Waals surface area (Å²) in [5.41, 5.74) is 0. The van der Waals surface area contributed by atoms with Gasteiger partial charge < -0.3 is 0 Å². The minimum atomic E-state index is -0.0435. The van der Waals surface area contributed by atoms with Crippen molar-refractivity contribution < 1.29 is 0 Å². The molecule has 5 heteroatoms. The van der Waals surface area contributed by atoms with Crippen LogP contribution in [0.2, 0.25) is 0 Å². The Balaban J connectivity index is 2.82. The number of hydrogen-bond acceptors (Lipinski definition) is 5. The van der Waals surface area contributed by atoms with Gasteiger partial charge in [0.25, 0.3) is 0 Å². The fourth-order valence-electron chi connectivity index (χ4n) is 0.617. The topological polar surface area (TPSA) is 64.7 Å². The molecule has 0 radical (unpaired) electrons. The zero-order chi connectivity index (χ0) is 8.10. The molecular weight excluding hydrogens is 160 g/mol. The van der Waals surface area contributed by atoms with E-state index < -0.39 is 0 Å². The van der Waals surface area contributed by atoms with E-state index in [1.165, 1.54) is 12.7 Å². The molecule has 1 rings (SSSR count). The zero-order valence-electron chi connectivity index (χ0n) is 5.84. The van der Waals surface area contributed by atoms with E-state index in [0.717, 1.165) is 11.9 Å². The monoisotopic (exact) mass is 168 g/mol. The Bertz CT molecular complexity index is 225. The van der Waals surface area contributed by atoms with E-state index in [2.05, 4.69) is 21.5 Å². The van der Waals surface area contributed by atoms with Gasteiger partial charge in [0.15, 0.2) is 0 Å². The van der Waals surface area contributed by atoms with Crippen molar-refractivity contribution in [3.63, 3.8) is 0 Å². The highest BCUT2D eigenvalue weighted by atomic mass is 32.2. The normalized spacial score (nSPS) is 12.5. The van der Waals surface area contributed by atoms with E-state index in [9.17, 15) is 0 Å². The molecule has 0 spiro atoms. The Kier molecular flexibility index (Phi) is 3.00. The lowest BCUT2D eigenvalue weighted by Gasteiger charge is -2.04. The summed E-state index contributed by atoms with van der Waals surface area (Å²) in [7, 11) is 0. The van der Waals surface area contributed by atoms with Crippen molar-refractivity contribution in [2.24, 2.45) is 5.14 Å². The van der Waals surface area contributed by atoms with E-state index in [1.54, 1.807) is 6.08 Å². The lowest BCUT2D eigenvalue weighted by atomic mass is 10.4. The molecule has 58 valence electrons. The quantitative estimate of drug-likeness (QED) is 0.531. The minimum Gasteiger partial charge on any atom is -0.277 e. The van der Waals surface area contributed by atoms with Crippen LogP contribution in [0.15, 0.2) is 25.3 Å². The van der Waals surface area contributed by atoms with Gasteiger partial charge >= 0.3 is 0 Å². The second-order valence-corrected chi connectivity index (χ2v) is 2.57. The Morgan fingerprint density at radius 3 is 2.64 bits per heavy atom. The third-order valence-corrected chi connectivity index (χ3v) is 1.82. The van der Waals surface area contributed by atoms with Gasteiger partial charge in [-0.25, -0.2) is 15.0 Å². The molecule has 0 aliphatic heterocycles. The molecule has 0 saturated heterocycles. The molecule has 2 N–H and O–H groups in total. The van der Waals surface area contributed by atoms with Crippen LogP contribution < -0.4 is 5.14 Å².